The summed E-state index contributed by atoms with van der Waals surface area (Å²) >= 11 is 0. The molecule has 29 heavy (non-hydrogen) atoms. The minimum absolute atomic E-state index is 0.276. The van der Waals surface area contributed by atoms with E-state index in [-0.39, 0.29) is 6.61 Å². The van der Waals surface area contributed by atoms with Gasteiger partial charge in [0.2, 0.25) is 0 Å². The van der Waals surface area contributed by atoms with Crippen molar-refractivity contribution in [3.63, 3.8) is 0 Å². The topological polar surface area (TPSA) is 52.6 Å². The SMILES string of the molecule is CCOC(=O)/C=C/OC(c1ccccc1)P(=O)(c1ccccc1)c1ccccc1. The lowest BCUT2D eigenvalue weighted by molar-refractivity contribution is -0.137. The standard InChI is InChI=1S/C24H23O4P/c1-2-27-23(25)18-19-28-24(20-12-6-3-7-13-20)29(26,21-14-8-4-9-15-21)22-16-10-5-11-17-22/h3-19,24H,2H2,1H3/b19-18+. The van der Waals surface area contributed by atoms with E-state index in [1.54, 1.807) is 6.92 Å². The van der Waals surface area contributed by atoms with Gasteiger partial charge in [0, 0.05) is 16.2 Å². The quantitative estimate of drug-likeness (QED) is 0.234. The summed E-state index contributed by atoms with van der Waals surface area (Å²) in [4.78, 5) is 11.7. The summed E-state index contributed by atoms with van der Waals surface area (Å²) in [5.41, 5.74) is 0.761. The lowest BCUT2D eigenvalue weighted by atomic mass is 10.2. The Hall–Kier alpha value is -3.10. The van der Waals surface area contributed by atoms with Crippen LogP contribution in [0.2, 0.25) is 0 Å². The molecule has 0 amide bonds. The molecule has 0 saturated carbocycles. The fourth-order valence-corrected chi connectivity index (χ4v) is 5.97. The predicted molar refractivity (Wildman–Crippen MR) is 116 cm³/mol. The third-order valence-corrected chi connectivity index (χ3v) is 7.60. The molecule has 3 aromatic rings. The Labute approximate surface area is 171 Å². The van der Waals surface area contributed by atoms with Gasteiger partial charge in [0.15, 0.2) is 13.0 Å². The zero-order valence-corrected chi connectivity index (χ0v) is 17.1. The van der Waals surface area contributed by atoms with Gasteiger partial charge in [-0.3, -0.25) is 0 Å². The zero-order chi connectivity index (χ0) is 20.5. The first kappa shape index (κ1) is 20.6. The average Bonchev–Trinajstić information content (AvgIpc) is 2.78. The third-order valence-electron chi connectivity index (χ3n) is 4.39. The van der Waals surface area contributed by atoms with Crippen molar-refractivity contribution in [1.29, 1.82) is 0 Å². The molecular weight excluding hydrogens is 383 g/mol. The van der Waals surface area contributed by atoms with Gasteiger partial charge in [-0.15, -0.1) is 0 Å². The van der Waals surface area contributed by atoms with Crippen LogP contribution in [0, 0.1) is 0 Å². The minimum Gasteiger partial charge on any atom is -0.485 e. The maximum Gasteiger partial charge on any atom is 0.333 e. The maximum absolute atomic E-state index is 14.6. The Bertz CT molecular complexity index is 942. The first-order valence-corrected chi connectivity index (χ1v) is 11.2. The summed E-state index contributed by atoms with van der Waals surface area (Å²) in [6.45, 7) is 2.01. The highest BCUT2D eigenvalue weighted by atomic mass is 31.2. The van der Waals surface area contributed by atoms with E-state index in [9.17, 15) is 9.36 Å². The molecule has 0 aromatic heterocycles. The van der Waals surface area contributed by atoms with Crippen molar-refractivity contribution in [3.8, 4) is 0 Å². The van der Waals surface area contributed by atoms with Gasteiger partial charge in [-0.05, 0) is 6.92 Å². The number of hydrogen-bond acceptors (Lipinski definition) is 4. The van der Waals surface area contributed by atoms with Crippen LogP contribution in [0.1, 0.15) is 18.3 Å². The van der Waals surface area contributed by atoms with Gasteiger partial charge in [0.25, 0.3) is 0 Å². The van der Waals surface area contributed by atoms with Crippen LogP contribution >= 0.6 is 7.14 Å². The molecule has 3 aromatic carbocycles. The van der Waals surface area contributed by atoms with Crippen molar-refractivity contribution in [2.24, 2.45) is 0 Å². The smallest absolute Gasteiger partial charge is 0.333 e. The number of benzene rings is 3. The van der Waals surface area contributed by atoms with E-state index in [4.69, 9.17) is 9.47 Å². The molecule has 0 aliphatic heterocycles. The molecule has 0 spiro atoms. The van der Waals surface area contributed by atoms with Crippen LogP contribution in [0.15, 0.2) is 103 Å². The van der Waals surface area contributed by atoms with E-state index in [1.807, 2.05) is 91.0 Å². The van der Waals surface area contributed by atoms with Gasteiger partial charge in [0.1, 0.15) is 0 Å². The highest BCUT2D eigenvalue weighted by Gasteiger charge is 2.39. The fraction of sp³-hybridized carbons (Fsp3) is 0.125. The Balaban J connectivity index is 2.11. The van der Waals surface area contributed by atoms with Crippen LogP contribution in [0.3, 0.4) is 0 Å². The van der Waals surface area contributed by atoms with Crippen LogP contribution in [0.25, 0.3) is 0 Å². The first-order valence-electron chi connectivity index (χ1n) is 9.41. The van der Waals surface area contributed by atoms with Crippen LogP contribution in [0.5, 0.6) is 0 Å². The zero-order valence-electron chi connectivity index (χ0n) is 16.2. The molecule has 0 N–H and O–H groups in total. The van der Waals surface area contributed by atoms with Crippen LogP contribution in [-0.4, -0.2) is 12.6 Å². The van der Waals surface area contributed by atoms with E-state index in [0.29, 0.717) is 10.6 Å². The number of hydrogen-bond donors (Lipinski definition) is 0. The van der Waals surface area contributed by atoms with Crippen LogP contribution in [0.4, 0.5) is 0 Å². The van der Waals surface area contributed by atoms with Gasteiger partial charge in [-0.1, -0.05) is 91.0 Å². The third kappa shape index (κ3) is 4.85. The van der Waals surface area contributed by atoms with E-state index >= 15 is 0 Å². The fourth-order valence-electron chi connectivity index (χ4n) is 3.07. The molecule has 3 rings (SSSR count). The van der Waals surface area contributed by atoms with Crippen molar-refractivity contribution in [2.45, 2.75) is 12.8 Å². The lowest BCUT2D eigenvalue weighted by Gasteiger charge is -2.28. The second kappa shape index (κ2) is 9.90. The van der Waals surface area contributed by atoms with Crippen LogP contribution in [-0.2, 0) is 18.8 Å². The molecule has 0 aliphatic carbocycles. The van der Waals surface area contributed by atoms with Gasteiger partial charge in [-0.25, -0.2) is 4.79 Å². The number of esters is 1. The molecule has 0 aliphatic rings. The average molecular weight is 406 g/mol. The Morgan fingerprint density at radius 2 is 1.34 bits per heavy atom. The Kier molecular flexibility index (Phi) is 7.04. The highest BCUT2D eigenvalue weighted by molar-refractivity contribution is 7.78. The van der Waals surface area contributed by atoms with E-state index in [2.05, 4.69) is 0 Å². The van der Waals surface area contributed by atoms with Crippen LogP contribution < -0.4 is 10.6 Å². The summed E-state index contributed by atoms with van der Waals surface area (Å²) in [6, 6.07) is 28.0. The normalized spacial score (nSPS) is 12.4. The molecule has 0 radical (unpaired) electrons. The van der Waals surface area contributed by atoms with E-state index < -0.39 is 19.0 Å². The Morgan fingerprint density at radius 1 is 0.862 bits per heavy atom. The largest absolute Gasteiger partial charge is 0.485 e. The maximum atomic E-state index is 14.6. The summed E-state index contributed by atoms with van der Waals surface area (Å²) in [7, 11) is -3.26. The van der Waals surface area contributed by atoms with Crippen molar-refractivity contribution < 1.29 is 18.8 Å². The molecule has 0 heterocycles. The highest BCUT2D eigenvalue weighted by Crippen LogP contribution is 2.57. The van der Waals surface area contributed by atoms with E-state index in [0.717, 1.165) is 5.56 Å². The lowest BCUT2D eigenvalue weighted by Crippen LogP contribution is -2.22. The van der Waals surface area contributed by atoms with Crippen molar-refractivity contribution in [3.05, 3.63) is 109 Å². The minimum atomic E-state index is -3.26. The number of rotatable bonds is 8. The number of ether oxygens (including phenoxy) is 2. The van der Waals surface area contributed by atoms with Crippen molar-refractivity contribution in [2.75, 3.05) is 6.61 Å². The summed E-state index contributed by atoms with van der Waals surface area (Å²) in [5.74, 6) is -1.30. The molecular formula is C24H23O4P. The Morgan fingerprint density at radius 3 is 1.83 bits per heavy atom. The van der Waals surface area contributed by atoms with Gasteiger partial charge in [0.05, 0.1) is 18.9 Å². The summed E-state index contributed by atoms with van der Waals surface area (Å²) in [6.07, 6.45) is 2.48. The van der Waals surface area contributed by atoms with Gasteiger partial charge >= 0.3 is 5.97 Å². The number of carbonyl (C=O) groups is 1. The molecule has 5 heteroatoms. The molecule has 0 fully saturated rings. The monoisotopic (exact) mass is 406 g/mol. The molecule has 148 valence electrons. The first-order chi connectivity index (χ1) is 14.2. The van der Waals surface area contributed by atoms with Gasteiger partial charge in [-0.2, -0.15) is 0 Å². The second-order valence-electron chi connectivity index (χ2n) is 6.28. The number of carbonyl (C=O) groups excluding carboxylic acids is 1. The molecule has 0 bridgehead atoms. The predicted octanol–water partition coefficient (Wildman–Crippen LogP) is 4.79. The second-order valence-corrected chi connectivity index (χ2v) is 9.10. The molecule has 1 unspecified atom stereocenters. The molecule has 4 nitrogen and oxygen atoms in total. The molecule has 0 saturated heterocycles. The van der Waals surface area contributed by atoms with Crippen molar-refractivity contribution >= 4 is 23.7 Å². The van der Waals surface area contributed by atoms with Gasteiger partial charge < -0.3 is 14.0 Å². The summed E-state index contributed by atoms with van der Waals surface area (Å²) < 4.78 is 25.5. The summed E-state index contributed by atoms with van der Waals surface area (Å²) in [5, 5.41) is 1.37. The molecule has 1 atom stereocenters. The van der Waals surface area contributed by atoms with E-state index in [1.165, 1.54) is 12.3 Å². The van der Waals surface area contributed by atoms with Crippen molar-refractivity contribution in [1.82, 2.24) is 0 Å².